The third-order valence-corrected chi connectivity index (χ3v) is 5.17. The van der Waals surface area contributed by atoms with Crippen LogP contribution in [0.1, 0.15) is 39.5 Å². The minimum atomic E-state index is 0.546. The topological polar surface area (TPSA) is 12.0 Å². The first kappa shape index (κ1) is 9.85. The molecule has 0 aromatic heterocycles. The van der Waals surface area contributed by atoms with E-state index in [2.05, 4.69) is 30.9 Å². The van der Waals surface area contributed by atoms with E-state index in [4.69, 9.17) is 0 Å². The zero-order valence-corrected chi connectivity index (χ0v) is 9.62. The van der Waals surface area contributed by atoms with E-state index in [1.165, 1.54) is 38.0 Å². The number of thioether (sulfide) groups is 1. The summed E-state index contributed by atoms with van der Waals surface area (Å²) in [5.74, 6) is 2.33. The van der Waals surface area contributed by atoms with Crippen LogP contribution in [0.2, 0.25) is 0 Å². The van der Waals surface area contributed by atoms with Crippen molar-refractivity contribution in [3.8, 4) is 0 Å². The molecule has 0 amide bonds. The van der Waals surface area contributed by atoms with Gasteiger partial charge in [0.1, 0.15) is 0 Å². The fraction of sp³-hybridized carbons (Fsp3) is 1.00. The second-order valence-corrected chi connectivity index (χ2v) is 6.72. The molecule has 13 heavy (non-hydrogen) atoms. The maximum absolute atomic E-state index is 3.61. The van der Waals surface area contributed by atoms with Crippen molar-refractivity contribution >= 4 is 11.8 Å². The Kier molecular flexibility index (Phi) is 2.89. The molecule has 2 rings (SSSR count). The Morgan fingerprint density at radius 1 is 1.38 bits per heavy atom. The Morgan fingerprint density at radius 2 is 2.23 bits per heavy atom. The quantitative estimate of drug-likeness (QED) is 0.734. The highest BCUT2D eigenvalue weighted by Crippen LogP contribution is 2.44. The van der Waals surface area contributed by atoms with Crippen LogP contribution < -0.4 is 5.32 Å². The van der Waals surface area contributed by atoms with Crippen molar-refractivity contribution in [2.45, 2.75) is 50.3 Å². The van der Waals surface area contributed by atoms with Crippen LogP contribution in [0.15, 0.2) is 0 Å². The van der Waals surface area contributed by atoms with Crippen LogP contribution in [0.4, 0.5) is 0 Å². The Balaban J connectivity index is 1.86. The van der Waals surface area contributed by atoms with Gasteiger partial charge in [-0.25, -0.2) is 0 Å². The number of hydrogen-bond acceptors (Lipinski definition) is 2. The maximum Gasteiger partial charge on any atom is 0.0132 e. The SMILES string of the molecule is CC1(C)SCCC1CC1CCCN1. The number of hydrogen-bond donors (Lipinski definition) is 1. The smallest absolute Gasteiger partial charge is 0.0132 e. The van der Waals surface area contributed by atoms with Crippen LogP contribution in [0, 0.1) is 5.92 Å². The minimum Gasteiger partial charge on any atom is -0.314 e. The summed E-state index contributed by atoms with van der Waals surface area (Å²) in [6, 6.07) is 0.836. The molecule has 0 aliphatic carbocycles. The standard InChI is InChI=1S/C11H21NS/c1-11(2)9(5-7-13-11)8-10-4-3-6-12-10/h9-10,12H,3-8H2,1-2H3. The van der Waals surface area contributed by atoms with Gasteiger partial charge in [-0.05, 0) is 43.9 Å². The summed E-state index contributed by atoms with van der Waals surface area (Å²) in [5.41, 5.74) is 0. The fourth-order valence-electron chi connectivity index (χ4n) is 2.63. The van der Waals surface area contributed by atoms with E-state index in [9.17, 15) is 0 Å². The summed E-state index contributed by atoms with van der Waals surface area (Å²) in [7, 11) is 0. The van der Waals surface area contributed by atoms with Crippen LogP contribution >= 0.6 is 11.8 Å². The van der Waals surface area contributed by atoms with Crippen molar-refractivity contribution in [3.05, 3.63) is 0 Å². The first-order chi connectivity index (χ1) is 6.18. The second kappa shape index (κ2) is 3.82. The highest BCUT2D eigenvalue weighted by atomic mass is 32.2. The predicted molar refractivity (Wildman–Crippen MR) is 60.3 cm³/mol. The molecule has 2 heterocycles. The third-order valence-electron chi connectivity index (χ3n) is 3.65. The van der Waals surface area contributed by atoms with E-state index in [0.717, 1.165) is 12.0 Å². The van der Waals surface area contributed by atoms with Crippen molar-refractivity contribution in [1.82, 2.24) is 5.32 Å². The summed E-state index contributed by atoms with van der Waals surface area (Å²) in [6.07, 6.45) is 5.66. The van der Waals surface area contributed by atoms with Crippen LogP contribution in [0.25, 0.3) is 0 Å². The van der Waals surface area contributed by atoms with Gasteiger partial charge in [-0.15, -0.1) is 0 Å². The lowest BCUT2D eigenvalue weighted by Gasteiger charge is -2.28. The molecule has 0 saturated carbocycles. The monoisotopic (exact) mass is 199 g/mol. The molecule has 0 radical (unpaired) electrons. The molecule has 2 heteroatoms. The first-order valence-corrected chi connectivity index (χ1v) is 6.54. The van der Waals surface area contributed by atoms with Crippen molar-refractivity contribution < 1.29 is 0 Å². The lowest BCUT2D eigenvalue weighted by molar-refractivity contribution is 0.357. The fourth-order valence-corrected chi connectivity index (χ4v) is 4.01. The van der Waals surface area contributed by atoms with Gasteiger partial charge < -0.3 is 5.32 Å². The molecule has 0 spiro atoms. The molecular weight excluding hydrogens is 178 g/mol. The molecule has 0 bridgehead atoms. The summed E-state index contributed by atoms with van der Waals surface area (Å²) in [4.78, 5) is 0. The van der Waals surface area contributed by atoms with Crippen molar-refractivity contribution in [2.24, 2.45) is 5.92 Å². The summed E-state index contributed by atoms with van der Waals surface area (Å²) < 4.78 is 0.546. The molecule has 0 aromatic carbocycles. The molecule has 2 saturated heterocycles. The second-order valence-electron chi connectivity index (χ2n) is 4.97. The Bertz CT molecular complexity index is 173. The molecule has 0 aromatic rings. The van der Waals surface area contributed by atoms with Crippen LogP contribution in [-0.4, -0.2) is 23.1 Å². The molecule has 2 aliphatic rings. The highest BCUT2D eigenvalue weighted by molar-refractivity contribution is 8.00. The van der Waals surface area contributed by atoms with E-state index >= 15 is 0 Å². The molecule has 2 aliphatic heterocycles. The molecule has 1 nitrogen and oxygen atoms in total. The Morgan fingerprint density at radius 3 is 2.77 bits per heavy atom. The van der Waals surface area contributed by atoms with E-state index in [0.29, 0.717) is 4.75 Å². The average molecular weight is 199 g/mol. The molecule has 2 atom stereocenters. The van der Waals surface area contributed by atoms with Crippen LogP contribution in [-0.2, 0) is 0 Å². The van der Waals surface area contributed by atoms with Crippen LogP contribution in [0.5, 0.6) is 0 Å². The predicted octanol–water partition coefficient (Wildman–Crippen LogP) is 2.66. The zero-order valence-electron chi connectivity index (χ0n) is 8.81. The first-order valence-electron chi connectivity index (χ1n) is 5.56. The van der Waals surface area contributed by atoms with Gasteiger partial charge in [-0.2, -0.15) is 11.8 Å². The van der Waals surface area contributed by atoms with Crippen molar-refractivity contribution in [2.75, 3.05) is 12.3 Å². The molecule has 76 valence electrons. The normalized spacial score (nSPS) is 38.3. The Hall–Kier alpha value is 0.310. The van der Waals surface area contributed by atoms with Gasteiger partial charge in [-0.3, -0.25) is 0 Å². The van der Waals surface area contributed by atoms with Gasteiger partial charge in [0.2, 0.25) is 0 Å². The number of nitrogens with one attached hydrogen (secondary N) is 1. The van der Waals surface area contributed by atoms with E-state index in [1.54, 1.807) is 0 Å². The molecule has 1 N–H and O–H groups in total. The lowest BCUT2D eigenvalue weighted by atomic mass is 9.86. The van der Waals surface area contributed by atoms with Gasteiger partial charge in [0.05, 0.1) is 0 Å². The third kappa shape index (κ3) is 2.21. The zero-order chi connectivity index (χ0) is 9.31. The highest BCUT2D eigenvalue weighted by Gasteiger charge is 2.36. The summed E-state index contributed by atoms with van der Waals surface area (Å²) in [5, 5.41) is 3.61. The van der Waals surface area contributed by atoms with Gasteiger partial charge in [-0.1, -0.05) is 13.8 Å². The van der Waals surface area contributed by atoms with Gasteiger partial charge in [0.15, 0.2) is 0 Å². The molecule has 2 unspecified atom stereocenters. The number of rotatable bonds is 2. The van der Waals surface area contributed by atoms with Crippen molar-refractivity contribution in [1.29, 1.82) is 0 Å². The summed E-state index contributed by atoms with van der Waals surface area (Å²) >= 11 is 2.16. The molecular formula is C11H21NS. The lowest BCUT2D eigenvalue weighted by Crippen LogP contribution is -2.30. The van der Waals surface area contributed by atoms with E-state index < -0.39 is 0 Å². The van der Waals surface area contributed by atoms with E-state index in [1.807, 2.05) is 0 Å². The Labute approximate surface area is 86.0 Å². The maximum atomic E-state index is 3.61. The van der Waals surface area contributed by atoms with E-state index in [-0.39, 0.29) is 0 Å². The van der Waals surface area contributed by atoms with Crippen LogP contribution in [0.3, 0.4) is 0 Å². The molecule has 2 fully saturated rings. The average Bonchev–Trinajstić information content (AvgIpc) is 2.63. The minimum absolute atomic E-state index is 0.546. The van der Waals surface area contributed by atoms with Gasteiger partial charge in [0, 0.05) is 10.8 Å². The van der Waals surface area contributed by atoms with Gasteiger partial charge in [0.25, 0.3) is 0 Å². The largest absolute Gasteiger partial charge is 0.314 e. The summed E-state index contributed by atoms with van der Waals surface area (Å²) in [6.45, 7) is 6.10. The van der Waals surface area contributed by atoms with Gasteiger partial charge >= 0.3 is 0 Å². The van der Waals surface area contributed by atoms with Crippen molar-refractivity contribution in [3.63, 3.8) is 0 Å².